The minimum atomic E-state index is -3.77. The van der Waals surface area contributed by atoms with Gasteiger partial charge in [0.2, 0.25) is 0 Å². The van der Waals surface area contributed by atoms with Crippen LogP contribution in [0.4, 0.5) is 0 Å². The van der Waals surface area contributed by atoms with Gasteiger partial charge in [0.25, 0.3) is 5.91 Å². The first-order valence-corrected chi connectivity index (χ1v) is 9.46. The molecule has 7 heteroatoms. The number of nitrogens with one attached hydrogen (secondary N) is 1. The van der Waals surface area contributed by atoms with Crippen molar-refractivity contribution in [1.82, 2.24) is 9.62 Å². The van der Waals surface area contributed by atoms with Crippen LogP contribution in [-0.2, 0) is 21.4 Å². The van der Waals surface area contributed by atoms with Crippen LogP contribution in [0.1, 0.15) is 32.3 Å². The highest BCUT2D eigenvalue weighted by atomic mass is 32.2. The van der Waals surface area contributed by atoms with Crippen LogP contribution >= 0.6 is 0 Å². The van der Waals surface area contributed by atoms with Crippen LogP contribution < -0.4 is 5.32 Å². The van der Waals surface area contributed by atoms with E-state index in [1.807, 2.05) is 37.3 Å². The Labute approximate surface area is 143 Å². The lowest BCUT2D eigenvalue weighted by atomic mass is 10.1. The van der Waals surface area contributed by atoms with Gasteiger partial charge in [-0.25, -0.2) is 0 Å². The average Bonchev–Trinajstić information content (AvgIpc) is 2.54. The quantitative estimate of drug-likeness (QED) is 0.765. The summed E-state index contributed by atoms with van der Waals surface area (Å²) in [7, 11) is -3.77. The Bertz CT molecular complexity index is 740. The standard InChI is InChI=1S/C17H23N3O3S/c1-3-4-11-18-17(21)16-13-20(24(22,23)19-14(16)2)12-10-15-8-6-5-7-9-15/h5-9,13H,3-4,10-12H2,1-2H3,(H,18,21). The number of amides is 1. The zero-order chi connectivity index (χ0) is 17.6. The number of carbonyl (C=O) groups is 1. The summed E-state index contributed by atoms with van der Waals surface area (Å²) in [6.45, 7) is 4.39. The molecule has 0 atom stereocenters. The van der Waals surface area contributed by atoms with Crippen LogP contribution in [-0.4, -0.2) is 37.4 Å². The molecular weight excluding hydrogens is 326 g/mol. The Morgan fingerprint density at radius 3 is 2.62 bits per heavy atom. The zero-order valence-corrected chi connectivity index (χ0v) is 14.8. The molecule has 0 aromatic heterocycles. The smallest absolute Gasteiger partial charge is 0.344 e. The molecule has 0 aliphatic carbocycles. The molecule has 0 radical (unpaired) electrons. The largest absolute Gasteiger partial charge is 0.352 e. The molecule has 1 N–H and O–H groups in total. The highest BCUT2D eigenvalue weighted by Crippen LogP contribution is 2.17. The summed E-state index contributed by atoms with van der Waals surface area (Å²) < 4.78 is 29.3. The number of carbonyl (C=O) groups excluding carboxylic acids is 1. The van der Waals surface area contributed by atoms with Crippen molar-refractivity contribution in [3.05, 3.63) is 47.7 Å². The summed E-state index contributed by atoms with van der Waals surface area (Å²) in [6.07, 6.45) is 3.80. The first-order chi connectivity index (χ1) is 11.4. The topological polar surface area (TPSA) is 78.8 Å². The number of rotatable bonds is 7. The van der Waals surface area contributed by atoms with Gasteiger partial charge in [-0.1, -0.05) is 43.7 Å². The number of unbranched alkanes of at least 4 members (excludes halogenated alkanes) is 1. The molecule has 0 spiro atoms. The van der Waals surface area contributed by atoms with Crippen molar-refractivity contribution < 1.29 is 13.2 Å². The van der Waals surface area contributed by atoms with Crippen molar-refractivity contribution in [1.29, 1.82) is 0 Å². The molecule has 24 heavy (non-hydrogen) atoms. The van der Waals surface area contributed by atoms with E-state index < -0.39 is 10.2 Å². The lowest BCUT2D eigenvalue weighted by Gasteiger charge is -2.23. The minimum Gasteiger partial charge on any atom is -0.352 e. The summed E-state index contributed by atoms with van der Waals surface area (Å²) in [5.41, 5.74) is 1.55. The van der Waals surface area contributed by atoms with E-state index in [1.165, 1.54) is 13.1 Å². The van der Waals surface area contributed by atoms with Crippen molar-refractivity contribution in [2.75, 3.05) is 13.1 Å². The lowest BCUT2D eigenvalue weighted by molar-refractivity contribution is -0.117. The summed E-state index contributed by atoms with van der Waals surface area (Å²) in [5, 5.41) is 2.80. The summed E-state index contributed by atoms with van der Waals surface area (Å²) in [5.74, 6) is -0.288. The lowest BCUT2D eigenvalue weighted by Crippen LogP contribution is -2.36. The predicted molar refractivity (Wildman–Crippen MR) is 94.9 cm³/mol. The molecule has 1 heterocycles. The third-order valence-corrected chi connectivity index (χ3v) is 5.12. The molecule has 0 bridgehead atoms. The molecule has 2 rings (SSSR count). The molecule has 6 nitrogen and oxygen atoms in total. The Hall–Kier alpha value is -2.15. The van der Waals surface area contributed by atoms with Gasteiger partial charge in [0.1, 0.15) is 0 Å². The van der Waals surface area contributed by atoms with Gasteiger partial charge in [0.05, 0.1) is 11.3 Å². The fourth-order valence-corrected chi connectivity index (χ4v) is 3.45. The molecular formula is C17H23N3O3S. The first-order valence-electron chi connectivity index (χ1n) is 8.06. The van der Waals surface area contributed by atoms with Crippen molar-refractivity contribution in [3.8, 4) is 0 Å². The van der Waals surface area contributed by atoms with E-state index in [1.54, 1.807) is 0 Å². The molecule has 1 aromatic rings. The Balaban J connectivity index is 2.11. The maximum Gasteiger partial charge on any atom is 0.344 e. The zero-order valence-electron chi connectivity index (χ0n) is 14.0. The molecule has 0 saturated carbocycles. The number of benzene rings is 1. The second-order valence-corrected chi connectivity index (χ2v) is 7.20. The maximum atomic E-state index is 12.2. The van der Waals surface area contributed by atoms with Crippen LogP contribution in [0, 0.1) is 0 Å². The van der Waals surface area contributed by atoms with Crippen LogP contribution in [0.25, 0.3) is 0 Å². The number of hydrogen-bond acceptors (Lipinski definition) is 3. The van der Waals surface area contributed by atoms with Crippen LogP contribution in [0.2, 0.25) is 0 Å². The van der Waals surface area contributed by atoms with Crippen molar-refractivity contribution in [2.24, 2.45) is 4.40 Å². The van der Waals surface area contributed by atoms with Crippen LogP contribution in [0.5, 0.6) is 0 Å². The van der Waals surface area contributed by atoms with Gasteiger partial charge in [0.15, 0.2) is 0 Å². The number of hydrogen-bond donors (Lipinski definition) is 1. The van der Waals surface area contributed by atoms with E-state index >= 15 is 0 Å². The second-order valence-electron chi connectivity index (χ2n) is 5.65. The monoisotopic (exact) mass is 349 g/mol. The summed E-state index contributed by atoms with van der Waals surface area (Å²) >= 11 is 0. The van der Waals surface area contributed by atoms with E-state index in [9.17, 15) is 13.2 Å². The molecule has 1 aliphatic heterocycles. The molecule has 0 unspecified atom stereocenters. The summed E-state index contributed by atoms with van der Waals surface area (Å²) in [6, 6.07) is 9.60. The van der Waals surface area contributed by atoms with Crippen molar-refractivity contribution in [2.45, 2.75) is 33.1 Å². The molecule has 1 aliphatic rings. The third kappa shape index (κ3) is 4.67. The molecule has 130 valence electrons. The van der Waals surface area contributed by atoms with Gasteiger partial charge in [0, 0.05) is 19.3 Å². The van der Waals surface area contributed by atoms with Gasteiger partial charge >= 0.3 is 10.2 Å². The molecule has 1 aromatic carbocycles. The van der Waals surface area contributed by atoms with Gasteiger partial charge in [-0.05, 0) is 25.3 Å². The van der Waals surface area contributed by atoms with Crippen molar-refractivity contribution >= 4 is 21.8 Å². The van der Waals surface area contributed by atoms with Crippen LogP contribution in [0.3, 0.4) is 0 Å². The van der Waals surface area contributed by atoms with Gasteiger partial charge in [-0.2, -0.15) is 8.42 Å². The Morgan fingerprint density at radius 1 is 1.25 bits per heavy atom. The highest BCUT2D eigenvalue weighted by molar-refractivity contribution is 7.88. The van der Waals surface area contributed by atoms with E-state index in [2.05, 4.69) is 9.71 Å². The normalized spacial score (nSPS) is 16.3. The van der Waals surface area contributed by atoms with E-state index in [0.29, 0.717) is 18.5 Å². The third-order valence-electron chi connectivity index (χ3n) is 3.74. The van der Waals surface area contributed by atoms with E-state index in [-0.39, 0.29) is 18.2 Å². The molecule has 0 fully saturated rings. The predicted octanol–water partition coefficient (Wildman–Crippen LogP) is 2.05. The fraction of sp³-hybridized carbons (Fsp3) is 0.412. The van der Waals surface area contributed by atoms with Gasteiger partial charge in [-0.3, -0.25) is 9.10 Å². The number of nitrogens with zero attached hydrogens (tertiary/aromatic N) is 2. The fourth-order valence-electron chi connectivity index (χ4n) is 2.34. The van der Waals surface area contributed by atoms with Crippen LogP contribution in [0.15, 0.2) is 46.5 Å². The maximum absolute atomic E-state index is 12.2. The Morgan fingerprint density at radius 2 is 1.96 bits per heavy atom. The van der Waals surface area contributed by atoms with E-state index in [0.717, 1.165) is 22.7 Å². The SMILES string of the molecule is CCCCNC(=O)C1=CN(CCc2ccccc2)S(=O)(=O)N=C1C. The summed E-state index contributed by atoms with van der Waals surface area (Å²) in [4.78, 5) is 12.2. The van der Waals surface area contributed by atoms with Gasteiger partial charge < -0.3 is 5.32 Å². The highest BCUT2D eigenvalue weighted by Gasteiger charge is 2.27. The average molecular weight is 349 g/mol. The second kappa shape index (κ2) is 8.10. The first kappa shape index (κ1) is 18.2. The van der Waals surface area contributed by atoms with E-state index in [4.69, 9.17) is 0 Å². The van der Waals surface area contributed by atoms with Crippen molar-refractivity contribution in [3.63, 3.8) is 0 Å². The minimum absolute atomic E-state index is 0.222. The Kier molecular flexibility index (Phi) is 6.14. The molecule has 1 amide bonds. The van der Waals surface area contributed by atoms with Gasteiger partial charge in [-0.15, -0.1) is 4.40 Å². The molecule has 0 saturated heterocycles.